The van der Waals surface area contributed by atoms with Crippen LogP contribution in [-0.2, 0) is 16.1 Å². The van der Waals surface area contributed by atoms with Crippen LogP contribution in [0.25, 0.3) is 22.7 Å². The van der Waals surface area contributed by atoms with Crippen LogP contribution >= 0.6 is 34.3 Å². The summed E-state index contributed by atoms with van der Waals surface area (Å²) in [6, 6.07) is 28.8. The van der Waals surface area contributed by atoms with Crippen LogP contribution in [0.3, 0.4) is 0 Å². The van der Waals surface area contributed by atoms with Gasteiger partial charge >= 0.3 is 5.97 Å². The molecule has 1 aliphatic rings. The summed E-state index contributed by atoms with van der Waals surface area (Å²) in [5.41, 5.74) is 4.53. The van der Waals surface area contributed by atoms with E-state index in [2.05, 4.69) is 29.0 Å². The monoisotopic (exact) mass is 635 g/mol. The molecule has 0 unspecified atom stereocenters. The van der Waals surface area contributed by atoms with Gasteiger partial charge in [0.2, 0.25) is 0 Å². The minimum atomic E-state index is -0.660. The molecule has 0 spiro atoms. The minimum Gasteiger partial charge on any atom is -0.463 e. The van der Waals surface area contributed by atoms with Crippen molar-refractivity contribution in [2.45, 2.75) is 19.5 Å². The average Bonchev–Trinajstić information content (AvgIpc) is 3.76. The smallest absolute Gasteiger partial charge is 0.338 e. The molecule has 218 valence electrons. The van der Waals surface area contributed by atoms with Gasteiger partial charge in [-0.15, -0.1) is 11.3 Å². The van der Waals surface area contributed by atoms with Gasteiger partial charge in [0.25, 0.3) is 5.56 Å². The molecule has 0 aliphatic carbocycles. The minimum absolute atomic E-state index is 0.201. The van der Waals surface area contributed by atoms with E-state index in [-0.39, 0.29) is 12.2 Å². The van der Waals surface area contributed by atoms with E-state index in [4.69, 9.17) is 21.3 Å². The first-order valence-corrected chi connectivity index (χ1v) is 16.2. The van der Waals surface area contributed by atoms with E-state index in [1.165, 1.54) is 22.7 Å². The van der Waals surface area contributed by atoms with Crippen LogP contribution < -0.4 is 14.9 Å². The van der Waals surface area contributed by atoms with Gasteiger partial charge in [-0.3, -0.25) is 9.36 Å². The number of nitrogens with zero attached hydrogens (tertiary/aromatic N) is 3. The zero-order valence-corrected chi connectivity index (χ0v) is 26.0. The highest BCUT2D eigenvalue weighted by Gasteiger charge is 2.35. The first-order valence-electron chi connectivity index (χ1n) is 14.2. The molecule has 0 radical (unpaired) electrons. The van der Waals surface area contributed by atoms with Gasteiger partial charge in [0, 0.05) is 44.7 Å². The third-order valence-corrected chi connectivity index (χ3v) is 9.68. The lowest BCUT2D eigenvalue weighted by Gasteiger charge is -2.24. The Labute approximate surface area is 266 Å². The van der Waals surface area contributed by atoms with E-state index in [0.717, 1.165) is 32.5 Å². The maximum Gasteiger partial charge on any atom is 0.338 e. The molecule has 6 aromatic rings. The zero-order chi connectivity index (χ0) is 30.2. The van der Waals surface area contributed by atoms with Gasteiger partial charge in [-0.05, 0) is 48.2 Å². The largest absolute Gasteiger partial charge is 0.463 e. The van der Waals surface area contributed by atoms with E-state index in [9.17, 15) is 9.59 Å². The number of halogens is 1. The van der Waals surface area contributed by atoms with Gasteiger partial charge in [0.05, 0.1) is 22.4 Å². The van der Waals surface area contributed by atoms with Crippen LogP contribution in [-0.4, -0.2) is 21.7 Å². The fourth-order valence-corrected chi connectivity index (χ4v) is 7.68. The van der Waals surface area contributed by atoms with Crippen molar-refractivity contribution in [2.75, 3.05) is 6.61 Å². The number of hydrogen-bond donors (Lipinski definition) is 0. The van der Waals surface area contributed by atoms with Crippen molar-refractivity contribution in [3.05, 3.63) is 154 Å². The van der Waals surface area contributed by atoms with Crippen molar-refractivity contribution in [1.82, 2.24) is 9.13 Å². The highest BCUT2D eigenvalue weighted by atomic mass is 35.5. The van der Waals surface area contributed by atoms with Crippen molar-refractivity contribution in [3.63, 3.8) is 0 Å². The molecule has 9 heteroatoms. The average molecular weight is 636 g/mol. The fraction of sp³-hybridized carbons (Fsp3) is 0.114. The number of ether oxygens (including phenoxy) is 1. The lowest BCUT2D eigenvalue weighted by atomic mass is 9.97. The van der Waals surface area contributed by atoms with Crippen LogP contribution in [0.15, 0.2) is 118 Å². The number of hydrogen-bond acceptors (Lipinski definition) is 6. The van der Waals surface area contributed by atoms with E-state index in [1.807, 2.05) is 84.3 Å². The van der Waals surface area contributed by atoms with Crippen LogP contribution in [0.2, 0.25) is 5.02 Å². The number of thiazole rings is 1. The maximum absolute atomic E-state index is 14.3. The summed E-state index contributed by atoms with van der Waals surface area (Å²) in [5.74, 6) is -0.480. The molecule has 0 fully saturated rings. The normalized spacial score (nSPS) is 15.0. The van der Waals surface area contributed by atoms with Gasteiger partial charge < -0.3 is 9.30 Å². The number of fused-ring (bicyclic) bond motifs is 2. The molecular formula is C35H26ClN3O3S2. The molecule has 1 atom stereocenters. The second kappa shape index (κ2) is 11.9. The molecule has 3 aromatic heterocycles. The maximum atomic E-state index is 14.3. The first-order chi connectivity index (χ1) is 21.5. The number of benzene rings is 3. The van der Waals surface area contributed by atoms with Crippen molar-refractivity contribution in [3.8, 4) is 0 Å². The Balaban J connectivity index is 1.43. The fourth-order valence-electron chi connectivity index (χ4n) is 5.65. The molecule has 7 rings (SSSR count). The lowest BCUT2D eigenvalue weighted by molar-refractivity contribution is -0.138. The first kappa shape index (κ1) is 28.3. The summed E-state index contributed by atoms with van der Waals surface area (Å²) < 4.78 is 9.89. The van der Waals surface area contributed by atoms with E-state index >= 15 is 0 Å². The molecule has 44 heavy (non-hydrogen) atoms. The highest BCUT2D eigenvalue weighted by Crippen LogP contribution is 2.37. The van der Waals surface area contributed by atoms with Crippen molar-refractivity contribution in [1.29, 1.82) is 0 Å². The Morgan fingerprint density at radius 2 is 1.84 bits per heavy atom. The van der Waals surface area contributed by atoms with Gasteiger partial charge in [-0.25, -0.2) is 9.79 Å². The van der Waals surface area contributed by atoms with Gasteiger partial charge in [-0.2, -0.15) is 0 Å². The van der Waals surface area contributed by atoms with Gasteiger partial charge in [0.1, 0.15) is 6.04 Å². The second-order valence-corrected chi connectivity index (χ2v) is 12.7. The van der Waals surface area contributed by atoms with Crippen LogP contribution in [0, 0.1) is 0 Å². The lowest BCUT2D eigenvalue weighted by Crippen LogP contribution is -2.39. The molecule has 3 aromatic carbocycles. The molecule has 1 aliphatic heterocycles. The number of rotatable bonds is 7. The summed E-state index contributed by atoms with van der Waals surface area (Å²) in [4.78, 5) is 34.2. The molecule has 0 N–H and O–H groups in total. The molecule has 4 heterocycles. The molecular weight excluding hydrogens is 610 g/mol. The Hall–Kier alpha value is -4.50. The summed E-state index contributed by atoms with van der Waals surface area (Å²) in [5, 5.41) is 3.68. The standard InChI is InChI=1S/C35H26ClN3O3S2/c1-2-42-34(41)30-31(23-11-4-3-5-12-23)37-35-39(32(30)28-16-9-17-43-28)33(40)29(44-35)19-24-21-38(27-15-7-6-14-26(24)27)20-22-10-8-13-25(36)18-22/h3-19,21,32H,2,20H2,1H3/b29-19-/t32-/m0/s1. The number of thiophene rings is 1. The number of esters is 1. The van der Waals surface area contributed by atoms with Crippen molar-refractivity contribution in [2.24, 2.45) is 4.99 Å². The second-order valence-electron chi connectivity index (χ2n) is 10.3. The molecule has 0 bridgehead atoms. The predicted octanol–water partition coefficient (Wildman–Crippen LogP) is 6.65. The Kier molecular flexibility index (Phi) is 7.64. The van der Waals surface area contributed by atoms with E-state index in [1.54, 1.807) is 11.5 Å². The van der Waals surface area contributed by atoms with Gasteiger partial charge in [-0.1, -0.05) is 89.7 Å². The topological polar surface area (TPSA) is 65.6 Å². The SMILES string of the molecule is CCOC(=O)C1=C(c2ccccc2)N=c2s/c(=C\c3cn(Cc4cccc(Cl)c4)c4ccccc34)c(=O)n2[C@H]1c1cccs1. The number of carbonyl (C=O) groups is 1. The molecule has 0 saturated carbocycles. The van der Waals surface area contributed by atoms with E-state index < -0.39 is 12.0 Å². The van der Waals surface area contributed by atoms with Crippen LogP contribution in [0.4, 0.5) is 0 Å². The third-order valence-electron chi connectivity index (χ3n) is 7.53. The van der Waals surface area contributed by atoms with Crippen molar-refractivity contribution < 1.29 is 9.53 Å². The summed E-state index contributed by atoms with van der Waals surface area (Å²) in [6.07, 6.45) is 4.00. The number of carbonyl (C=O) groups excluding carboxylic acids is 1. The van der Waals surface area contributed by atoms with Crippen LogP contribution in [0.5, 0.6) is 0 Å². The molecule has 0 amide bonds. The van der Waals surface area contributed by atoms with Crippen LogP contribution in [0.1, 0.15) is 34.5 Å². The summed E-state index contributed by atoms with van der Waals surface area (Å²) in [6.45, 7) is 2.63. The molecule has 0 saturated heterocycles. The highest BCUT2D eigenvalue weighted by molar-refractivity contribution is 7.10. The number of aromatic nitrogens is 2. The number of para-hydroxylation sites is 1. The van der Waals surface area contributed by atoms with E-state index in [0.29, 0.717) is 32.2 Å². The Morgan fingerprint density at radius 3 is 2.61 bits per heavy atom. The Bertz CT molecular complexity index is 2230. The Morgan fingerprint density at radius 1 is 1.02 bits per heavy atom. The third kappa shape index (κ3) is 5.15. The predicted molar refractivity (Wildman–Crippen MR) is 178 cm³/mol. The zero-order valence-electron chi connectivity index (χ0n) is 23.6. The molecule has 6 nitrogen and oxygen atoms in total. The van der Waals surface area contributed by atoms with Crippen molar-refractivity contribution >= 4 is 62.9 Å². The summed E-state index contributed by atoms with van der Waals surface area (Å²) in [7, 11) is 0. The quantitative estimate of drug-likeness (QED) is 0.185. The summed E-state index contributed by atoms with van der Waals surface area (Å²) >= 11 is 9.09. The van der Waals surface area contributed by atoms with Gasteiger partial charge in [0.15, 0.2) is 4.80 Å².